The van der Waals surface area contributed by atoms with Crippen molar-refractivity contribution in [3.63, 3.8) is 0 Å². The van der Waals surface area contributed by atoms with Crippen molar-refractivity contribution in [1.29, 1.82) is 0 Å². The summed E-state index contributed by atoms with van der Waals surface area (Å²) in [5.74, 6) is -0.147. The van der Waals surface area contributed by atoms with Crippen LogP contribution < -0.4 is 5.32 Å². The Labute approximate surface area is 175 Å². The number of amides is 1. The Balaban J connectivity index is 1.62. The minimum absolute atomic E-state index is 0.186. The van der Waals surface area contributed by atoms with Crippen molar-refractivity contribution < 1.29 is 22.4 Å². The molecule has 158 valence electrons. The summed E-state index contributed by atoms with van der Waals surface area (Å²) in [6.07, 6.45) is 0. The molecular weight excluding hydrogens is 404 g/mol. The van der Waals surface area contributed by atoms with Crippen LogP contribution in [0, 0.1) is 6.92 Å². The Hall–Kier alpha value is -2.68. The number of nitrogens with one attached hydrogen (secondary N) is 1. The standard InChI is InChI=1S/C22H24N2O5S/c1-15-19-14-18(30(26,27)24-10-12-28-13-11-24)8-9-20(19)29-21(15)22(25)23-16(2)17-6-4-3-5-7-17/h3-9,14,16H,10-13H2,1-2H3,(H,23,25). The van der Waals surface area contributed by atoms with Gasteiger partial charge in [-0.1, -0.05) is 30.3 Å². The van der Waals surface area contributed by atoms with Crippen molar-refractivity contribution in [2.45, 2.75) is 24.8 Å². The fourth-order valence-electron chi connectivity index (χ4n) is 3.60. The number of sulfonamides is 1. The summed E-state index contributed by atoms with van der Waals surface area (Å²) < 4.78 is 38.3. The molecule has 3 aromatic rings. The Morgan fingerprint density at radius 1 is 1.10 bits per heavy atom. The SMILES string of the molecule is Cc1c(C(=O)NC(C)c2ccccc2)oc2ccc(S(=O)(=O)N3CCOCC3)cc12. The van der Waals surface area contributed by atoms with Gasteiger partial charge in [0, 0.05) is 24.0 Å². The molecule has 0 radical (unpaired) electrons. The van der Waals surface area contributed by atoms with Gasteiger partial charge in [0.05, 0.1) is 24.2 Å². The van der Waals surface area contributed by atoms with Gasteiger partial charge in [0.15, 0.2) is 5.76 Å². The van der Waals surface area contributed by atoms with Crippen LogP contribution >= 0.6 is 0 Å². The minimum atomic E-state index is -3.63. The molecule has 1 aliphatic rings. The van der Waals surface area contributed by atoms with Gasteiger partial charge < -0.3 is 14.5 Å². The summed E-state index contributed by atoms with van der Waals surface area (Å²) in [7, 11) is -3.63. The van der Waals surface area contributed by atoms with E-state index in [4.69, 9.17) is 9.15 Å². The molecule has 30 heavy (non-hydrogen) atoms. The fraction of sp³-hybridized carbons (Fsp3) is 0.318. The number of fused-ring (bicyclic) bond motifs is 1. The number of hydrogen-bond acceptors (Lipinski definition) is 5. The van der Waals surface area contributed by atoms with Gasteiger partial charge in [0.2, 0.25) is 10.0 Å². The highest BCUT2D eigenvalue weighted by Gasteiger charge is 2.28. The van der Waals surface area contributed by atoms with E-state index in [0.717, 1.165) is 5.56 Å². The van der Waals surface area contributed by atoms with Gasteiger partial charge in [-0.25, -0.2) is 8.42 Å². The van der Waals surface area contributed by atoms with Crippen LogP contribution in [0.1, 0.15) is 34.6 Å². The summed E-state index contributed by atoms with van der Waals surface area (Å²) in [6.45, 7) is 5.09. The molecule has 1 aromatic heterocycles. The molecule has 1 N–H and O–H groups in total. The van der Waals surface area contributed by atoms with Crippen LogP contribution in [-0.4, -0.2) is 44.9 Å². The zero-order valence-electron chi connectivity index (χ0n) is 16.9. The van der Waals surface area contributed by atoms with E-state index in [9.17, 15) is 13.2 Å². The maximum Gasteiger partial charge on any atom is 0.287 e. The number of morpholine rings is 1. The molecule has 0 saturated carbocycles. The molecule has 1 saturated heterocycles. The molecule has 2 aromatic carbocycles. The van der Waals surface area contributed by atoms with Crippen molar-refractivity contribution in [2.24, 2.45) is 0 Å². The van der Waals surface area contributed by atoms with Crippen LogP contribution in [0.4, 0.5) is 0 Å². The van der Waals surface area contributed by atoms with E-state index in [1.54, 1.807) is 19.1 Å². The molecular formula is C22H24N2O5S. The van der Waals surface area contributed by atoms with Crippen LogP contribution in [0.25, 0.3) is 11.0 Å². The lowest BCUT2D eigenvalue weighted by molar-refractivity contribution is 0.0730. The topological polar surface area (TPSA) is 88.8 Å². The molecule has 0 aliphatic carbocycles. The van der Waals surface area contributed by atoms with Gasteiger partial charge in [-0.15, -0.1) is 0 Å². The highest BCUT2D eigenvalue weighted by Crippen LogP contribution is 2.29. The van der Waals surface area contributed by atoms with E-state index in [-0.39, 0.29) is 22.6 Å². The molecule has 1 aliphatic heterocycles. The predicted octanol–water partition coefficient (Wildman–Crippen LogP) is 3.25. The quantitative estimate of drug-likeness (QED) is 0.674. The van der Waals surface area contributed by atoms with Crippen LogP contribution in [0.3, 0.4) is 0 Å². The van der Waals surface area contributed by atoms with Gasteiger partial charge >= 0.3 is 0 Å². The summed E-state index contributed by atoms with van der Waals surface area (Å²) in [5, 5.41) is 3.55. The van der Waals surface area contributed by atoms with Crippen molar-refractivity contribution in [3.05, 3.63) is 65.4 Å². The number of furan rings is 1. The summed E-state index contributed by atoms with van der Waals surface area (Å²) in [6, 6.07) is 14.2. The monoisotopic (exact) mass is 428 g/mol. The highest BCUT2D eigenvalue weighted by molar-refractivity contribution is 7.89. The van der Waals surface area contributed by atoms with Crippen molar-refractivity contribution in [3.8, 4) is 0 Å². The number of carbonyl (C=O) groups is 1. The van der Waals surface area contributed by atoms with Crippen LogP contribution in [0.15, 0.2) is 57.8 Å². The second-order valence-corrected chi connectivity index (χ2v) is 9.27. The van der Waals surface area contributed by atoms with Gasteiger partial charge in [0.1, 0.15) is 5.58 Å². The van der Waals surface area contributed by atoms with E-state index in [0.29, 0.717) is 42.8 Å². The van der Waals surface area contributed by atoms with Gasteiger partial charge in [0.25, 0.3) is 5.91 Å². The number of benzene rings is 2. The molecule has 1 amide bonds. The molecule has 2 heterocycles. The van der Waals surface area contributed by atoms with Crippen LogP contribution in [0.5, 0.6) is 0 Å². The molecule has 0 spiro atoms. The molecule has 7 nitrogen and oxygen atoms in total. The Kier molecular flexibility index (Phi) is 5.64. The first-order valence-corrected chi connectivity index (χ1v) is 11.3. The Morgan fingerprint density at radius 2 is 1.80 bits per heavy atom. The second-order valence-electron chi connectivity index (χ2n) is 7.34. The van der Waals surface area contributed by atoms with Gasteiger partial charge in [-0.05, 0) is 37.6 Å². The molecule has 8 heteroatoms. The molecule has 1 unspecified atom stereocenters. The zero-order chi connectivity index (χ0) is 21.3. The van der Waals surface area contributed by atoms with E-state index < -0.39 is 10.0 Å². The first kappa shape index (κ1) is 20.6. The largest absolute Gasteiger partial charge is 0.451 e. The molecule has 0 bridgehead atoms. The first-order chi connectivity index (χ1) is 14.4. The highest BCUT2D eigenvalue weighted by atomic mass is 32.2. The number of carbonyl (C=O) groups excluding carboxylic acids is 1. The zero-order valence-corrected chi connectivity index (χ0v) is 17.7. The summed E-state index contributed by atoms with van der Waals surface area (Å²) in [4.78, 5) is 13.0. The lowest BCUT2D eigenvalue weighted by atomic mass is 10.1. The number of rotatable bonds is 5. The molecule has 4 rings (SSSR count). The smallest absolute Gasteiger partial charge is 0.287 e. The number of ether oxygens (including phenoxy) is 1. The second kappa shape index (κ2) is 8.22. The fourth-order valence-corrected chi connectivity index (χ4v) is 5.04. The van der Waals surface area contributed by atoms with Crippen molar-refractivity contribution >= 4 is 26.9 Å². The lowest BCUT2D eigenvalue weighted by Crippen LogP contribution is -2.40. The molecule has 1 atom stereocenters. The number of nitrogens with zero attached hydrogens (tertiary/aromatic N) is 1. The number of aryl methyl sites for hydroxylation is 1. The van der Waals surface area contributed by atoms with E-state index >= 15 is 0 Å². The Morgan fingerprint density at radius 3 is 2.50 bits per heavy atom. The van der Waals surface area contributed by atoms with Crippen LogP contribution in [0.2, 0.25) is 0 Å². The molecule has 1 fully saturated rings. The van der Waals surface area contributed by atoms with Crippen molar-refractivity contribution in [1.82, 2.24) is 9.62 Å². The third-order valence-electron chi connectivity index (χ3n) is 5.37. The average Bonchev–Trinajstić information content (AvgIpc) is 3.11. The maximum atomic E-state index is 12.9. The maximum absolute atomic E-state index is 12.9. The Bertz CT molecular complexity index is 1160. The predicted molar refractivity (Wildman–Crippen MR) is 113 cm³/mol. The van der Waals surface area contributed by atoms with E-state index in [1.807, 2.05) is 37.3 Å². The van der Waals surface area contributed by atoms with Crippen LogP contribution in [-0.2, 0) is 14.8 Å². The van der Waals surface area contributed by atoms with E-state index in [2.05, 4.69) is 5.32 Å². The third kappa shape index (κ3) is 3.86. The third-order valence-corrected chi connectivity index (χ3v) is 7.26. The minimum Gasteiger partial charge on any atom is -0.451 e. The number of hydrogen-bond donors (Lipinski definition) is 1. The van der Waals surface area contributed by atoms with E-state index in [1.165, 1.54) is 10.4 Å². The average molecular weight is 429 g/mol. The van der Waals surface area contributed by atoms with Crippen molar-refractivity contribution in [2.75, 3.05) is 26.3 Å². The summed E-state index contributed by atoms with van der Waals surface area (Å²) in [5.41, 5.74) is 2.08. The van der Waals surface area contributed by atoms with Gasteiger partial charge in [-0.3, -0.25) is 4.79 Å². The first-order valence-electron chi connectivity index (χ1n) is 9.85. The summed E-state index contributed by atoms with van der Waals surface area (Å²) >= 11 is 0. The normalized spacial score (nSPS) is 16.5. The lowest BCUT2D eigenvalue weighted by Gasteiger charge is -2.26. The van der Waals surface area contributed by atoms with Gasteiger partial charge in [-0.2, -0.15) is 4.31 Å².